The van der Waals surface area contributed by atoms with Crippen molar-refractivity contribution < 1.29 is 9.53 Å². The van der Waals surface area contributed by atoms with Gasteiger partial charge in [0, 0.05) is 55.9 Å². The average molecular weight is 346 g/mol. The lowest BCUT2D eigenvalue weighted by Crippen LogP contribution is -2.42. The first-order valence-corrected chi connectivity index (χ1v) is 8.88. The zero-order chi connectivity index (χ0) is 16.9. The summed E-state index contributed by atoms with van der Waals surface area (Å²) in [6.07, 6.45) is 4.73. The van der Waals surface area contributed by atoms with E-state index in [0.717, 1.165) is 43.2 Å². The molecule has 24 heavy (non-hydrogen) atoms. The van der Waals surface area contributed by atoms with Crippen LogP contribution in [0.1, 0.15) is 23.1 Å². The standard InChI is InChI=1S/C17H22N4O2S/c1-12-3-4-14(18-8-12)7-15-10-21(5-6-23-15)11-16-9-19-17(24-16)20-13(2)22/h3-4,8-9,15H,5-7,10-11H2,1-2H3,(H,19,20,22). The van der Waals surface area contributed by atoms with Crippen LogP contribution in [0.3, 0.4) is 0 Å². The number of carbonyl (C=O) groups is 1. The van der Waals surface area contributed by atoms with Crippen LogP contribution < -0.4 is 5.32 Å². The Morgan fingerprint density at radius 1 is 1.42 bits per heavy atom. The Balaban J connectivity index is 1.54. The molecule has 0 aliphatic carbocycles. The lowest BCUT2D eigenvalue weighted by Gasteiger charge is -2.32. The van der Waals surface area contributed by atoms with Gasteiger partial charge >= 0.3 is 0 Å². The van der Waals surface area contributed by atoms with Gasteiger partial charge in [0.2, 0.25) is 5.91 Å². The summed E-state index contributed by atoms with van der Waals surface area (Å²) in [7, 11) is 0. The third kappa shape index (κ3) is 4.83. The van der Waals surface area contributed by atoms with Crippen LogP contribution in [0.4, 0.5) is 5.13 Å². The zero-order valence-electron chi connectivity index (χ0n) is 14.0. The average Bonchev–Trinajstić information content (AvgIpc) is 2.96. The van der Waals surface area contributed by atoms with E-state index in [2.05, 4.69) is 32.3 Å². The third-order valence-electron chi connectivity index (χ3n) is 3.85. The second kappa shape index (κ2) is 7.83. The molecule has 7 heteroatoms. The molecule has 1 N–H and O–H groups in total. The number of morpholine rings is 1. The summed E-state index contributed by atoms with van der Waals surface area (Å²) in [4.78, 5) is 23.3. The van der Waals surface area contributed by atoms with Gasteiger partial charge in [0.1, 0.15) is 0 Å². The molecule has 1 fully saturated rings. The van der Waals surface area contributed by atoms with E-state index in [1.807, 2.05) is 19.3 Å². The summed E-state index contributed by atoms with van der Waals surface area (Å²) in [5.41, 5.74) is 2.24. The number of carbonyl (C=O) groups excluding carboxylic acids is 1. The Kier molecular flexibility index (Phi) is 5.55. The Morgan fingerprint density at radius 3 is 3.04 bits per heavy atom. The minimum absolute atomic E-state index is 0.0899. The number of ether oxygens (including phenoxy) is 1. The van der Waals surface area contributed by atoms with Gasteiger partial charge in [-0.2, -0.15) is 0 Å². The number of nitrogens with one attached hydrogen (secondary N) is 1. The number of rotatable bonds is 5. The molecular formula is C17H22N4O2S. The van der Waals surface area contributed by atoms with Gasteiger partial charge < -0.3 is 10.1 Å². The molecule has 1 aliphatic rings. The third-order valence-corrected chi connectivity index (χ3v) is 4.75. The number of nitrogens with zero attached hydrogens (tertiary/aromatic N) is 3. The van der Waals surface area contributed by atoms with Crippen LogP contribution in [0.15, 0.2) is 24.5 Å². The quantitative estimate of drug-likeness (QED) is 0.899. The van der Waals surface area contributed by atoms with Gasteiger partial charge in [0.25, 0.3) is 0 Å². The highest BCUT2D eigenvalue weighted by molar-refractivity contribution is 7.15. The second-order valence-corrected chi connectivity index (χ2v) is 7.19. The van der Waals surface area contributed by atoms with Gasteiger partial charge in [-0.05, 0) is 18.6 Å². The highest BCUT2D eigenvalue weighted by Crippen LogP contribution is 2.21. The van der Waals surface area contributed by atoms with Crippen molar-refractivity contribution in [2.45, 2.75) is 32.9 Å². The summed E-state index contributed by atoms with van der Waals surface area (Å²) in [6, 6.07) is 4.16. The fourth-order valence-electron chi connectivity index (χ4n) is 2.71. The topological polar surface area (TPSA) is 67.4 Å². The molecule has 1 saturated heterocycles. The van der Waals surface area contributed by atoms with Crippen molar-refractivity contribution in [1.82, 2.24) is 14.9 Å². The van der Waals surface area contributed by atoms with Crippen molar-refractivity contribution in [3.8, 4) is 0 Å². The highest BCUT2D eigenvalue weighted by atomic mass is 32.1. The Bertz CT molecular complexity index is 686. The summed E-state index contributed by atoms with van der Waals surface area (Å²) in [5, 5.41) is 3.38. The molecule has 1 atom stereocenters. The SMILES string of the molecule is CC(=O)Nc1ncc(CN2CCOC(Cc3ccc(C)cn3)C2)s1. The fourth-order valence-corrected chi connectivity index (χ4v) is 3.61. The van der Waals surface area contributed by atoms with Gasteiger partial charge in [0.05, 0.1) is 12.7 Å². The Labute approximate surface area is 145 Å². The van der Waals surface area contributed by atoms with Crippen LogP contribution in [0.25, 0.3) is 0 Å². The number of anilines is 1. The number of amides is 1. The van der Waals surface area contributed by atoms with E-state index in [0.29, 0.717) is 5.13 Å². The largest absolute Gasteiger partial charge is 0.375 e. The van der Waals surface area contributed by atoms with E-state index in [1.54, 1.807) is 0 Å². The molecule has 1 unspecified atom stereocenters. The van der Waals surface area contributed by atoms with Crippen molar-refractivity contribution >= 4 is 22.4 Å². The summed E-state index contributed by atoms with van der Waals surface area (Å²) in [6.45, 7) is 6.88. The minimum atomic E-state index is -0.0899. The fraction of sp³-hybridized carbons (Fsp3) is 0.471. The van der Waals surface area contributed by atoms with E-state index < -0.39 is 0 Å². The van der Waals surface area contributed by atoms with Gasteiger partial charge in [-0.3, -0.25) is 14.7 Å². The van der Waals surface area contributed by atoms with E-state index >= 15 is 0 Å². The number of pyridine rings is 1. The monoisotopic (exact) mass is 346 g/mol. The maximum atomic E-state index is 11.1. The molecule has 1 amide bonds. The maximum Gasteiger partial charge on any atom is 0.223 e. The predicted molar refractivity (Wildman–Crippen MR) is 94.1 cm³/mol. The first-order valence-electron chi connectivity index (χ1n) is 8.06. The molecule has 0 saturated carbocycles. The number of aryl methyl sites for hydroxylation is 1. The minimum Gasteiger partial charge on any atom is -0.375 e. The van der Waals surface area contributed by atoms with E-state index in [1.165, 1.54) is 23.8 Å². The number of hydrogen-bond donors (Lipinski definition) is 1. The number of thiazole rings is 1. The lowest BCUT2D eigenvalue weighted by molar-refractivity contribution is -0.114. The van der Waals surface area contributed by atoms with Gasteiger partial charge in [0.15, 0.2) is 5.13 Å². The van der Waals surface area contributed by atoms with Gasteiger partial charge in [-0.25, -0.2) is 4.98 Å². The van der Waals surface area contributed by atoms with Crippen molar-refractivity contribution in [3.05, 3.63) is 40.7 Å². The smallest absolute Gasteiger partial charge is 0.223 e. The van der Waals surface area contributed by atoms with Crippen LogP contribution in [0.2, 0.25) is 0 Å². The highest BCUT2D eigenvalue weighted by Gasteiger charge is 2.22. The first kappa shape index (κ1) is 17.0. The van der Waals surface area contributed by atoms with Crippen molar-refractivity contribution in [2.24, 2.45) is 0 Å². The van der Waals surface area contributed by atoms with E-state index in [9.17, 15) is 4.79 Å². The van der Waals surface area contributed by atoms with Crippen molar-refractivity contribution in [3.63, 3.8) is 0 Å². The Hall–Kier alpha value is -1.83. The Morgan fingerprint density at radius 2 is 2.29 bits per heavy atom. The molecule has 0 spiro atoms. The predicted octanol–water partition coefficient (Wildman–Crippen LogP) is 2.25. The molecule has 2 aromatic rings. The van der Waals surface area contributed by atoms with Gasteiger partial charge in [-0.1, -0.05) is 6.07 Å². The summed E-state index contributed by atoms with van der Waals surface area (Å²) >= 11 is 1.52. The molecular weight excluding hydrogens is 324 g/mol. The number of hydrogen-bond acceptors (Lipinski definition) is 6. The van der Waals surface area contributed by atoms with Crippen LogP contribution in [-0.2, 0) is 22.5 Å². The second-order valence-electron chi connectivity index (χ2n) is 6.07. The summed E-state index contributed by atoms with van der Waals surface area (Å²) < 4.78 is 5.89. The lowest BCUT2D eigenvalue weighted by atomic mass is 10.1. The molecule has 3 rings (SSSR count). The maximum absolute atomic E-state index is 11.1. The molecule has 0 bridgehead atoms. The number of aromatic nitrogens is 2. The first-order chi connectivity index (χ1) is 11.6. The van der Waals surface area contributed by atoms with Crippen LogP contribution in [0.5, 0.6) is 0 Å². The molecule has 1 aliphatic heterocycles. The molecule has 128 valence electrons. The summed E-state index contributed by atoms with van der Waals surface area (Å²) in [5.74, 6) is -0.0899. The van der Waals surface area contributed by atoms with Crippen molar-refractivity contribution in [1.29, 1.82) is 0 Å². The molecule has 0 aromatic carbocycles. The van der Waals surface area contributed by atoms with E-state index in [-0.39, 0.29) is 12.0 Å². The molecule has 3 heterocycles. The van der Waals surface area contributed by atoms with Crippen molar-refractivity contribution in [2.75, 3.05) is 25.0 Å². The zero-order valence-corrected chi connectivity index (χ0v) is 14.8. The van der Waals surface area contributed by atoms with Crippen LogP contribution in [0, 0.1) is 6.92 Å². The van der Waals surface area contributed by atoms with Crippen LogP contribution in [-0.4, -0.2) is 46.6 Å². The van der Waals surface area contributed by atoms with Gasteiger partial charge in [-0.15, -0.1) is 11.3 Å². The van der Waals surface area contributed by atoms with E-state index in [4.69, 9.17) is 4.74 Å². The molecule has 6 nitrogen and oxygen atoms in total. The molecule has 2 aromatic heterocycles. The molecule has 0 radical (unpaired) electrons. The van der Waals surface area contributed by atoms with Crippen LogP contribution >= 0.6 is 11.3 Å². The normalized spacial score (nSPS) is 18.5.